The van der Waals surface area contributed by atoms with E-state index in [2.05, 4.69) is 4.43 Å². The van der Waals surface area contributed by atoms with Crippen molar-refractivity contribution in [3.05, 3.63) is 54.1 Å². The van der Waals surface area contributed by atoms with E-state index in [1.165, 1.54) is 6.08 Å². The molecule has 1 aromatic rings. The third-order valence-electron chi connectivity index (χ3n) is 1.63. The highest BCUT2D eigenvalue weighted by Crippen LogP contribution is 2.00. The summed E-state index contributed by atoms with van der Waals surface area (Å²) in [5.41, 5.74) is 1.11. The molecule has 0 heterocycles. The van der Waals surface area contributed by atoms with E-state index < -0.39 is 0 Å². The summed E-state index contributed by atoms with van der Waals surface area (Å²) in [6.07, 6.45) is 6.82. The van der Waals surface area contributed by atoms with Crippen LogP contribution in [-0.2, 0) is 9.22 Å². The van der Waals surface area contributed by atoms with Crippen molar-refractivity contribution < 1.29 is 9.22 Å². The minimum absolute atomic E-state index is 0.283. The zero-order chi connectivity index (χ0) is 10.2. The summed E-state index contributed by atoms with van der Waals surface area (Å²) >= 11 is 0. The fourth-order valence-corrected chi connectivity index (χ4v) is 1.07. The second-order valence-corrected chi connectivity index (χ2v) is 3.06. The molecule has 0 aliphatic heterocycles. The fraction of sp³-hybridized carbons (Fsp3) is 0. The van der Waals surface area contributed by atoms with E-state index in [1.807, 2.05) is 42.5 Å². The molecule has 0 saturated carbocycles. The molecule has 0 aliphatic rings. The van der Waals surface area contributed by atoms with Crippen LogP contribution in [0.2, 0.25) is 0 Å². The van der Waals surface area contributed by atoms with Gasteiger partial charge in [0.1, 0.15) is 0 Å². The predicted molar refractivity (Wildman–Crippen MR) is 60.6 cm³/mol. The lowest BCUT2D eigenvalue weighted by Crippen LogP contribution is -1.94. The second-order valence-electron chi connectivity index (χ2n) is 2.65. The van der Waals surface area contributed by atoms with Gasteiger partial charge in [-0.05, 0) is 5.56 Å². The smallest absolute Gasteiger partial charge is 0.316 e. The van der Waals surface area contributed by atoms with Gasteiger partial charge < -0.3 is 4.43 Å². The summed E-state index contributed by atoms with van der Waals surface area (Å²) < 4.78 is 4.58. The number of benzene rings is 1. The zero-order valence-electron chi connectivity index (χ0n) is 8.01. The number of hydrogen-bond donors (Lipinski definition) is 0. The van der Waals surface area contributed by atoms with Crippen molar-refractivity contribution in [1.29, 1.82) is 0 Å². The topological polar surface area (TPSA) is 26.3 Å². The van der Waals surface area contributed by atoms with E-state index >= 15 is 0 Å². The first-order chi connectivity index (χ1) is 6.83. The minimum Gasteiger partial charge on any atom is -0.526 e. The molecule has 0 unspecified atom stereocenters. The van der Waals surface area contributed by atoms with E-state index in [0.29, 0.717) is 10.5 Å². The van der Waals surface area contributed by atoms with Gasteiger partial charge in [0.05, 0.1) is 0 Å². The number of allylic oxidation sites excluding steroid dienone is 2. The molecule has 0 saturated heterocycles. The molecule has 3 heteroatoms. The highest BCUT2D eigenvalue weighted by atomic mass is 28.2. The van der Waals surface area contributed by atoms with Crippen molar-refractivity contribution in [1.82, 2.24) is 0 Å². The van der Waals surface area contributed by atoms with Crippen LogP contribution in [0.25, 0.3) is 6.08 Å². The SMILES string of the molecule is O=C(C=CC=Cc1ccccc1)O[SiH3]. The number of carbonyl (C=O) groups excluding carboxylic acids is 1. The highest BCUT2D eigenvalue weighted by molar-refractivity contribution is 6.07. The molecule has 0 radical (unpaired) electrons. The lowest BCUT2D eigenvalue weighted by atomic mass is 10.2. The Labute approximate surface area is 86.4 Å². The summed E-state index contributed by atoms with van der Waals surface area (Å²) in [4.78, 5) is 10.7. The van der Waals surface area contributed by atoms with E-state index in [4.69, 9.17) is 0 Å². The van der Waals surface area contributed by atoms with Crippen LogP contribution in [0.4, 0.5) is 0 Å². The average Bonchev–Trinajstić information content (AvgIpc) is 2.25. The van der Waals surface area contributed by atoms with Gasteiger partial charge in [-0.2, -0.15) is 0 Å². The molecule has 0 bridgehead atoms. The first-order valence-corrected chi connectivity index (χ1v) is 5.12. The molecule has 0 N–H and O–H groups in total. The van der Waals surface area contributed by atoms with Gasteiger partial charge in [-0.1, -0.05) is 48.6 Å². The minimum atomic E-state index is -0.283. The van der Waals surface area contributed by atoms with Gasteiger partial charge in [0.2, 0.25) is 10.5 Å². The Morgan fingerprint density at radius 1 is 1.21 bits per heavy atom. The Morgan fingerprint density at radius 3 is 2.57 bits per heavy atom. The maximum atomic E-state index is 10.7. The van der Waals surface area contributed by atoms with Gasteiger partial charge in [-0.15, -0.1) is 0 Å². The van der Waals surface area contributed by atoms with E-state index in [1.54, 1.807) is 6.08 Å². The number of hydrogen-bond acceptors (Lipinski definition) is 2. The van der Waals surface area contributed by atoms with Crippen molar-refractivity contribution in [2.24, 2.45) is 0 Å². The maximum absolute atomic E-state index is 10.7. The Balaban J connectivity index is 2.50. The summed E-state index contributed by atoms with van der Waals surface area (Å²) in [6, 6.07) is 9.89. The Kier molecular flexibility index (Phi) is 4.44. The maximum Gasteiger partial charge on any atom is 0.316 e. The first-order valence-electron chi connectivity index (χ1n) is 4.30. The quantitative estimate of drug-likeness (QED) is 0.418. The van der Waals surface area contributed by atoms with E-state index in [0.717, 1.165) is 5.56 Å². The Bertz CT molecular complexity index is 342. The normalized spacial score (nSPS) is 11.1. The lowest BCUT2D eigenvalue weighted by molar-refractivity contribution is -0.128. The Hall–Kier alpha value is -1.61. The molecular weight excluding hydrogens is 192 g/mol. The van der Waals surface area contributed by atoms with Crippen molar-refractivity contribution in [2.45, 2.75) is 0 Å². The third-order valence-corrected chi connectivity index (χ3v) is 2.04. The van der Waals surface area contributed by atoms with Crippen LogP contribution in [0.5, 0.6) is 0 Å². The fourth-order valence-electron chi connectivity index (χ4n) is 0.933. The van der Waals surface area contributed by atoms with Gasteiger partial charge in [0.15, 0.2) is 0 Å². The molecule has 1 aromatic carbocycles. The third kappa shape index (κ3) is 3.87. The molecule has 0 amide bonds. The average molecular weight is 204 g/mol. The number of rotatable bonds is 3. The van der Waals surface area contributed by atoms with Crippen LogP contribution in [0.3, 0.4) is 0 Å². The van der Waals surface area contributed by atoms with Gasteiger partial charge in [-0.25, -0.2) is 4.79 Å². The molecule has 14 heavy (non-hydrogen) atoms. The van der Waals surface area contributed by atoms with Gasteiger partial charge in [0.25, 0.3) is 0 Å². The van der Waals surface area contributed by atoms with Gasteiger partial charge in [0, 0.05) is 6.08 Å². The van der Waals surface area contributed by atoms with Crippen LogP contribution in [-0.4, -0.2) is 16.5 Å². The summed E-state index contributed by atoms with van der Waals surface area (Å²) in [5, 5.41) is 0. The zero-order valence-corrected chi connectivity index (χ0v) is 10.0. The summed E-state index contributed by atoms with van der Waals surface area (Å²) in [6.45, 7) is 0. The van der Waals surface area contributed by atoms with Crippen molar-refractivity contribution in [3.63, 3.8) is 0 Å². The molecule has 0 fully saturated rings. The molecule has 0 atom stereocenters. The van der Waals surface area contributed by atoms with Crippen molar-refractivity contribution in [3.8, 4) is 0 Å². The predicted octanol–water partition coefficient (Wildman–Crippen LogP) is 1.08. The van der Waals surface area contributed by atoms with Gasteiger partial charge >= 0.3 is 5.97 Å². The molecule has 0 spiro atoms. The molecule has 2 nitrogen and oxygen atoms in total. The van der Waals surface area contributed by atoms with Crippen LogP contribution in [0, 0.1) is 0 Å². The molecule has 0 aliphatic carbocycles. The summed E-state index contributed by atoms with van der Waals surface area (Å²) in [5.74, 6) is -0.283. The molecule has 1 rings (SSSR count). The van der Waals surface area contributed by atoms with Crippen LogP contribution >= 0.6 is 0 Å². The van der Waals surface area contributed by atoms with Crippen molar-refractivity contribution in [2.75, 3.05) is 0 Å². The van der Waals surface area contributed by atoms with E-state index in [-0.39, 0.29) is 5.97 Å². The Morgan fingerprint density at radius 2 is 1.93 bits per heavy atom. The lowest BCUT2D eigenvalue weighted by Gasteiger charge is -1.89. The van der Waals surface area contributed by atoms with E-state index in [9.17, 15) is 4.79 Å². The second kappa shape index (κ2) is 5.94. The molecular formula is C11H12O2Si. The summed E-state index contributed by atoms with van der Waals surface area (Å²) in [7, 11) is 0.442. The molecule has 72 valence electrons. The van der Waals surface area contributed by atoms with Gasteiger partial charge in [-0.3, -0.25) is 0 Å². The standard InChI is InChI=1S/C11H12O2Si/c12-11(13-14)9-5-4-8-10-6-2-1-3-7-10/h1-9H,14H3. The largest absolute Gasteiger partial charge is 0.526 e. The van der Waals surface area contributed by atoms with Crippen LogP contribution in [0.1, 0.15) is 5.56 Å². The number of carbonyl (C=O) groups is 1. The molecule has 0 aromatic heterocycles. The monoisotopic (exact) mass is 204 g/mol. The van der Waals surface area contributed by atoms with Crippen LogP contribution < -0.4 is 0 Å². The van der Waals surface area contributed by atoms with Crippen molar-refractivity contribution >= 4 is 22.5 Å². The van der Waals surface area contributed by atoms with Crippen LogP contribution in [0.15, 0.2) is 48.6 Å². The first kappa shape index (κ1) is 10.5. The highest BCUT2D eigenvalue weighted by Gasteiger charge is 1.86.